The van der Waals surface area contributed by atoms with Gasteiger partial charge in [0.2, 0.25) is 0 Å². The number of hydrogen-bond donors (Lipinski definition) is 1. The quantitative estimate of drug-likeness (QED) is 0.802. The van der Waals surface area contributed by atoms with Crippen molar-refractivity contribution in [2.24, 2.45) is 7.05 Å². The Morgan fingerprint density at radius 3 is 2.70 bits per heavy atom. The summed E-state index contributed by atoms with van der Waals surface area (Å²) in [6, 6.07) is 2.12. The average Bonchev–Trinajstić information content (AvgIpc) is 3.07. The van der Waals surface area contributed by atoms with Crippen LogP contribution in [0.1, 0.15) is 19.4 Å². The summed E-state index contributed by atoms with van der Waals surface area (Å²) in [5.74, 6) is 0. The molecule has 2 rings (SSSR count). The minimum atomic E-state index is 0.836. The van der Waals surface area contributed by atoms with Crippen LogP contribution in [-0.4, -0.2) is 38.9 Å². The molecule has 5 nitrogen and oxygen atoms in total. The van der Waals surface area contributed by atoms with Crippen molar-refractivity contribution in [1.29, 1.82) is 0 Å². The summed E-state index contributed by atoms with van der Waals surface area (Å²) >= 11 is 0. The molecule has 5 heteroatoms. The van der Waals surface area contributed by atoms with Crippen molar-refractivity contribution in [3.63, 3.8) is 0 Å². The first-order chi connectivity index (χ1) is 9.71. The van der Waals surface area contributed by atoms with E-state index in [1.807, 2.05) is 17.9 Å². The lowest BCUT2D eigenvalue weighted by Gasteiger charge is -2.17. The van der Waals surface area contributed by atoms with Crippen molar-refractivity contribution in [1.82, 2.24) is 19.2 Å². The lowest BCUT2D eigenvalue weighted by atomic mass is 10.3. The lowest BCUT2D eigenvalue weighted by Crippen LogP contribution is -2.27. The maximum atomic E-state index is 4.40. The van der Waals surface area contributed by atoms with E-state index in [2.05, 4.69) is 58.4 Å². The first-order valence-corrected chi connectivity index (χ1v) is 7.30. The van der Waals surface area contributed by atoms with Crippen molar-refractivity contribution in [2.45, 2.75) is 26.9 Å². The van der Waals surface area contributed by atoms with Crippen molar-refractivity contribution in [3.8, 4) is 0 Å². The third-order valence-electron chi connectivity index (χ3n) is 3.56. The van der Waals surface area contributed by atoms with Gasteiger partial charge in [0, 0.05) is 38.7 Å². The number of nitrogens with zero attached hydrogens (tertiary/aromatic N) is 4. The Kier molecular flexibility index (Phi) is 5.24. The van der Waals surface area contributed by atoms with Gasteiger partial charge in [0.1, 0.15) is 0 Å². The predicted octanol–water partition coefficient (Wildman–Crippen LogP) is 2.18. The van der Waals surface area contributed by atoms with Crippen molar-refractivity contribution < 1.29 is 0 Å². The summed E-state index contributed by atoms with van der Waals surface area (Å²) in [5.41, 5.74) is 2.36. The third-order valence-corrected chi connectivity index (χ3v) is 3.56. The summed E-state index contributed by atoms with van der Waals surface area (Å²) < 4.78 is 4.07. The van der Waals surface area contributed by atoms with E-state index >= 15 is 0 Å². The molecule has 2 aromatic heterocycles. The molecule has 0 fully saturated rings. The van der Waals surface area contributed by atoms with Gasteiger partial charge < -0.3 is 14.8 Å². The predicted molar refractivity (Wildman–Crippen MR) is 82.8 cm³/mol. The number of nitrogens with one attached hydrogen (secondary N) is 1. The SMILES string of the molecule is CCN(CC)CCn1cc(NCc2ccn(C)c2)cn1. The highest BCUT2D eigenvalue weighted by Crippen LogP contribution is 2.08. The molecule has 0 radical (unpaired) electrons. The number of hydrogen-bond acceptors (Lipinski definition) is 3. The van der Waals surface area contributed by atoms with Crippen LogP contribution in [-0.2, 0) is 20.1 Å². The van der Waals surface area contributed by atoms with Crippen LogP contribution in [0.15, 0.2) is 30.9 Å². The highest BCUT2D eigenvalue weighted by atomic mass is 15.3. The second-order valence-corrected chi connectivity index (χ2v) is 5.06. The van der Waals surface area contributed by atoms with Crippen molar-refractivity contribution in [3.05, 3.63) is 36.4 Å². The van der Waals surface area contributed by atoms with E-state index in [1.165, 1.54) is 5.56 Å². The fourth-order valence-corrected chi connectivity index (χ4v) is 2.23. The van der Waals surface area contributed by atoms with Crippen LogP contribution in [0.4, 0.5) is 5.69 Å². The van der Waals surface area contributed by atoms with Gasteiger partial charge >= 0.3 is 0 Å². The number of likely N-dealkylation sites (N-methyl/N-ethyl adjacent to an activating group) is 1. The molecule has 110 valence electrons. The van der Waals surface area contributed by atoms with E-state index in [0.717, 1.165) is 38.4 Å². The molecule has 2 aromatic rings. The zero-order valence-corrected chi connectivity index (χ0v) is 12.7. The average molecular weight is 275 g/mol. The van der Waals surface area contributed by atoms with E-state index < -0.39 is 0 Å². The molecule has 0 amide bonds. The van der Waals surface area contributed by atoms with Crippen LogP contribution < -0.4 is 5.32 Å². The third kappa shape index (κ3) is 4.13. The molecule has 0 aliphatic heterocycles. The van der Waals surface area contributed by atoms with Gasteiger partial charge in [-0.15, -0.1) is 0 Å². The Balaban J connectivity index is 1.80. The lowest BCUT2D eigenvalue weighted by molar-refractivity contribution is 0.285. The second kappa shape index (κ2) is 7.14. The minimum Gasteiger partial charge on any atom is -0.378 e. The zero-order chi connectivity index (χ0) is 14.4. The minimum absolute atomic E-state index is 0.836. The monoisotopic (exact) mass is 275 g/mol. The fraction of sp³-hybridized carbons (Fsp3) is 0.533. The van der Waals surface area contributed by atoms with Gasteiger partial charge in [-0.3, -0.25) is 4.68 Å². The van der Waals surface area contributed by atoms with Crippen molar-refractivity contribution in [2.75, 3.05) is 25.0 Å². The standard InChI is InChI=1S/C15H25N5/c1-4-19(5-2)8-9-20-13-15(11-17-20)16-10-14-6-7-18(3)12-14/h6-7,11-13,16H,4-5,8-10H2,1-3H3. The normalized spacial score (nSPS) is 11.2. The molecule has 0 bridgehead atoms. The van der Waals surface area contributed by atoms with E-state index in [9.17, 15) is 0 Å². The maximum absolute atomic E-state index is 4.40. The van der Waals surface area contributed by atoms with Crippen LogP contribution in [0.2, 0.25) is 0 Å². The molecular weight excluding hydrogens is 250 g/mol. The Hall–Kier alpha value is -1.75. The van der Waals surface area contributed by atoms with Gasteiger partial charge in [0.25, 0.3) is 0 Å². The molecule has 2 heterocycles. The van der Waals surface area contributed by atoms with Gasteiger partial charge in [-0.25, -0.2) is 0 Å². The molecule has 0 aliphatic rings. The molecule has 0 unspecified atom stereocenters. The van der Waals surface area contributed by atoms with E-state index in [1.54, 1.807) is 0 Å². The molecule has 20 heavy (non-hydrogen) atoms. The molecule has 0 atom stereocenters. The molecular formula is C15H25N5. The zero-order valence-electron chi connectivity index (χ0n) is 12.7. The summed E-state index contributed by atoms with van der Waals surface area (Å²) in [4.78, 5) is 2.40. The van der Waals surface area contributed by atoms with Crippen LogP contribution in [0.3, 0.4) is 0 Å². The van der Waals surface area contributed by atoms with Gasteiger partial charge in [-0.05, 0) is 24.7 Å². The first-order valence-electron chi connectivity index (χ1n) is 7.30. The summed E-state index contributed by atoms with van der Waals surface area (Å²) in [6.07, 6.45) is 8.15. The molecule has 0 aromatic carbocycles. The Bertz CT molecular complexity index is 510. The van der Waals surface area contributed by atoms with E-state index in [-0.39, 0.29) is 0 Å². The van der Waals surface area contributed by atoms with Crippen LogP contribution in [0, 0.1) is 0 Å². The van der Waals surface area contributed by atoms with Gasteiger partial charge in [-0.1, -0.05) is 13.8 Å². The molecule has 0 aliphatic carbocycles. The number of anilines is 1. The number of aromatic nitrogens is 3. The van der Waals surface area contributed by atoms with Crippen LogP contribution in [0.25, 0.3) is 0 Å². The molecule has 0 spiro atoms. The fourth-order valence-electron chi connectivity index (χ4n) is 2.23. The molecule has 0 saturated heterocycles. The van der Waals surface area contributed by atoms with Crippen LogP contribution >= 0.6 is 0 Å². The molecule has 1 N–H and O–H groups in total. The Morgan fingerprint density at radius 2 is 2.05 bits per heavy atom. The highest BCUT2D eigenvalue weighted by molar-refractivity contribution is 5.38. The molecule has 0 saturated carbocycles. The maximum Gasteiger partial charge on any atom is 0.0729 e. The largest absolute Gasteiger partial charge is 0.378 e. The van der Waals surface area contributed by atoms with Gasteiger partial charge in [0.05, 0.1) is 18.4 Å². The van der Waals surface area contributed by atoms with Gasteiger partial charge in [-0.2, -0.15) is 5.10 Å². The summed E-state index contributed by atoms with van der Waals surface area (Å²) in [5, 5.41) is 7.80. The highest BCUT2D eigenvalue weighted by Gasteiger charge is 2.02. The topological polar surface area (TPSA) is 38.0 Å². The van der Waals surface area contributed by atoms with Gasteiger partial charge in [0.15, 0.2) is 0 Å². The Morgan fingerprint density at radius 1 is 1.25 bits per heavy atom. The van der Waals surface area contributed by atoms with Crippen molar-refractivity contribution >= 4 is 5.69 Å². The van der Waals surface area contributed by atoms with E-state index in [0.29, 0.717) is 0 Å². The Labute approximate surface area is 121 Å². The summed E-state index contributed by atoms with van der Waals surface area (Å²) in [6.45, 7) is 9.40. The number of rotatable bonds is 8. The first kappa shape index (κ1) is 14.7. The summed E-state index contributed by atoms with van der Waals surface area (Å²) in [7, 11) is 2.04. The van der Waals surface area contributed by atoms with Crippen LogP contribution in [0.5, 0.6) is 0 Å². The van der Waals surface area contributed by atoms with E-state index in [4.69, 9.17) is 0 Å². The number of aryl methyl sites for hydroxylation is 1. The second-order valence-electron chi connectivity index (χ2n) is 5.06. The smallest absolute Gasteiger partial charge is 0.0729 e.